The Morgan fingerprint density at radius 1 is 1.17 bits per heavy atom. The zero-order valence-electron chi connectivity index (χ0n) is 13.6. The number of aryl methyl sites for hydroxylation is 1. The van der Waals surface area contributed by atoms with Crippen LogP contribution in [0.3, 0.4) is 0 Å². The Labute approximate surface area is 140 Å². The van der Waals surface area contributed by atoms with Crippen molar-refractivity contribution < 1.29 is 4.79 Å². The Kier molecular flexibility index (Phi) is 3.93. The number of carbonyl (C=O) groups excluding carboxylic acids is 1. The lowest BCUT2D eigenvalue weighted by atomic mass is 10.1. The maximum Gasteiger partial charge on any atom is 0.259 e. The number of primary amides is 1. The molecule has 0 bridgehead atoms. The zero-order chi connectivity index (χ0) is 17.3. The molecule has 118 valence electrons. The fourth-order valence-corrected chi connectivity index (χ4v) is 3.02. The third kappa shape index (κ3) is 2.57. The summed E-state index contributed by atoms with van der Waals surface area (Å²) in [5.41, 5.74) is 9.06. The first kappa shape index (κ1) is 15.6. The lowest BCUT2D eigenvalue weighted by Crippen LogP contribution is -2.12. The van der Waals surface area contributed by atoms with Crippen LogP contribution in [0.15, 0.2) is 54.1 Å². The van der Waals surface area contributed by atoms with Crippen LogP contribution in [0.25, 0.3) is 22.5 Å². The zero-order valence-corrected chi connectivity index (χ0v) is 13.6. The predicted molar refractivity (Wildman–Crippen MR) is 95.5 cm³/mol. The van der Waals surface area contributed by atoms with Gasteiger partial charge in [0.15, 0.2) is 0 Å². The van der Waals surface area contributed by atoms with Crippen LogP contribution in [0.4, 0.5) is 0 Å². The second-order valence-corrected chi connectivity index (χ2v) is 5.69. The van der Waals surface area contributed by atoms with Crippen LogP contribution in [0.2, 0.25) is 0 Å². The van der Waals surface area contributed by atoms with E-state index in [1.54, 1.807) is 6.08 Å². The van der Waals surface area contributed by atoms with E-state index in [4.69, 9.17) is 11.0 Å². The number of carbonyl (C=O) groups is 1. The Morgan fingerprint density at radius 3 is 2.58 bits per heavy atom. The maximum atomic E-state index is 11.3. The van der Waals surface area contributed by atoms with Crippen molar-refractivity contribution in [3.63, 3.8) is 0 Å². The van der Waals surface area contributed by atoms with Gasteiger partial charge in [-0.25, -0.2) is 0 Å². The van der Waals surface area contributed by atoms with Crippen LogP contribution in [0.5, 0.6) is 0 Å². The third-order valence-electron chi connectivity index (χ3n) is 4.16. The highest BCUT2D eigenvalue weighted by molar-refractivity contribution is 6.00. The molecule has 2 N–H and O–H groups in total. The summed E-state index contributed by atoms with van der Waals surface area (Å²) >= 11 is 0. The fraction of sp³-hybridized carbons (Fsp3) is 0.100. The second kappa shape index (κ2) is 6.05. The number of fused-ring (bicyclic) bond motifs is 1. The molecule has 0 atom stereocenters. The Hall–Kier alpha value is -3.32. The molecule has 0 spiro atoms. The number of benzene rings is 2. The molecule has 1 amide bonds. The van der Waals surface area contributed by atoms with E-state index >= 15 is 0 Å². The molecule has 0 aliphatic carbocycles. The highest BCUT2D eigenvalue weighted by Gasteiger charge is 2.13. The topological polar surface area (TPSA) is 71.8 Å². The molecule has 1 aromatic heterocycles. The molecule has 0 unspecified atom stereocenters. The average molecular weight is 315 g/mol. The third-order valence-corrected chi connectivity index (χ3v) is 4.16. The smallest absolute Gasteiger partial charge is 0.259 e. The number of amides is 1. The molecule has 0 aliphatic rings. The van der Waals surface area contributed by atoms with Crippen molar-refractivity contribution in [2.24, 2.45) is 5.73 Å². The normalized spacial score (nSPS) is 11.5. The lowest BCUT2D eigenvalue weighted by molar-refractivity contribution is -0.114. The van der Waals surface area contributed by atoms with Gasteiger partial charge in [-0.2, -0.15) is 5.26 Å². The summed E-state index contributed by atoms with van der Waals surface area (Å²) in [5.74, 6) is -0.715. The summed E-state index contributed by atoms with van der Waals surface area (Å²) in [6.07, 6.45) is 1.55. The molecule has 24 heavy (non-hydrogen) atoms. The minimum atomic E-state index is -0.715. The summed E-state index contributed by atoms with van der Waals surface area (Å²) in [6.45, 7) is 3.97. The molecular weight excluding hydrogens is 298 g/mol. The van der Waals surface area contributed by atoms with Crippen molar-refractivity contribution in [1.29, 1.82) is 5.26 Å². The Balaban J connectivity index is 2.24. The highest BCUT2D eigenvalue weighted by Crippen LogP contribution is 2.28. The minimum Gasteiger partial charge on any atom is -0.365 e. The van der Waals surface area contributed by atoms with Gasteiger partial charge >= 0.3 is 0 Å². The number of rotatable bonds is 3. The molecule has 3 aromatic rings. The molecular formula is C20H17N3O. The quantitative estimate of drug-likeness (QED) is 0.592. The molecule has 4 nitrogen and oxygen atoms in total. The number of hydrogen-bond donors (Lipinski definition) is 1. The lowest BCUT2D eigenvalue weighted by Gasteiger charge is -2.13. The molecule has 3 rings (SSSR count). The molecule has 0 aliphatic heterocycles. The number of aromatic nitrogens is 1. The van der Waals surface area contributed by atoms with Gasteiger partial charge in [0.25, 0.3) is 5.91 Å². The molecule has 4 heteroatoms. The first-order chi connectivity index (χ1) is 11.5. The first-order valence-corrected chi connectivity index (χ1v) is 7.61. The molecule has 0 radical (unpaired) electrons. The van der Waals surface area contributed by atoms with Gasteiger partial charge in [0, 0.05) is 16.8 Å². The van der Waals surface area contributed by atoms with E-state index in [0.717, 1.165) is 33.4 Å². The summed E-state index contributed by atoms with van der Waals surface area (Å²) in [6, 6.07) is 18.2. The van der Waals surface area contributed by atoms with Crippen LogP contribution in [-0.4, -0.2) is 10.5 Å². The van der Waals surface area contributed by atoms with E-state index in [2.05, 4.69) is 28.8 Å². The summed E-state index contributed by atoms with van der Waals surface area (Å²) in [4.78, 5) is 11.3. The monoisotopic (exact) mass is 315 g/mol. The summed E-state index contributed by atoms with van der Waals surface area (Å²) < 4.78 is 2.13. The Morgan fingerprint density at radius 2 is 1.88 bits per heavy atom. The van der Waals surface area contributed by atoms with E-state index in [9.17, 15) is 4.79 Å². The SMILES string of the molecule is Cc1cc(/C=C(/C#N)C(N)=O)c(C)n1-c1cccc2ccccc12. The summed E-state index contributed by atoms with van der Waals surface area (Å²) in [7, 11) is 0. The van der Waals surface area contributed by atoms with E-state index in [0.29, 0.717) is 0 Å². The number of nitriles is 1. The van der Waals surface area contributed by atoms with Gasteiger partial charge < -0.3 is 10.3 Å². The number of nitrogens with two attached hydrogens (primary N) is 1. The van der Waals surface area contributed by atoms with Crippen LogP contribution in [0.1, 0.15) is 17.0 Å². The van der Waals surface area contributed by atoms with Gasteiger partial charge in [0.1, 0.15) is 11.6 Å². The second-order valence-electron chi connectivity index (χ2n) is 5.69. The fourth-order valence-electron chi connectivity index (χ4n) is 3.02. The van der Waals surface area contributed by atoms with Crippen molar-refractivity contribution in [2.75, 3.05) is 0 Å². The maximum absolute atomic E-state index is 11.3. The van der Waals surface area contributed by atoms with Crippen molar-refractivity contribution in [3.05, 3.63) is 71.1 Å². The predicted octanol–water partition coefficient (Wildman–Crippen LogP) is 3.64. The Bertz CT molecular complexity index is 1010. The van der Waals surface area contributed by atoms with Crippen molar-refractivity contribution in [3.8, 4) is 11.8 Å². The van der Waals surface area contributed by atoms with Crippen molar-refractivity contribution in [1.82, 2.24) is 4.57 Å². The summed E-state index contributed by atoms with van der Waals surface area (Å²) in [5, 5.41) is 11.4. The minimum absolute atomic E-state index is 0.0480. The first-order valence-electron chi connectivity index (χ1n) is 7.61. The standard InChI is InChI=1S/C20H17N3O/c1-13-10-16(11-17(12-21)20(22)24)14(2)23(13)19-9-5-7-15-6-3-4-8-18(15)19/h3-11H,1-2H3,(H2,22,24)/b17-11-. The van der Waals surface area contributed by atoms with E-state index in [1.165, 1.54) is 0 Å². The van der Waals surface area contributed by atoms with Gasteiger partial charge in [-0.05, 0) is 43.0 Å². The van der Waals surface area contributed by atoms with Gasteiger partial charge in [0.2, 0.25) is 0 Å². The number of nitrogens with zero attached hydrogens (tertiary/aromatic N) is 2. The van der Waals surface area contributed by atoms with E-state index in [-0.39, 0.29) is 5.57 Å². The van der Waals surface area contributed by atoms with Gasteiger partial charge in [-0.1, -0.05) is 36.4 Å². The van der Waals surface area contributed by atoms with Gasteiger partial charge in [0.05, 0.1) is 5.69 Å². The largest absolute Gasteiger partial charge is 0.365 e. The van der Waals surface area contributed by atoms with E-state index < -0.39 is 5.91 Å². The van der Waals surface area contributed by atoms with Crippen molar-refractivity contribution in [2.45, 2.75) is 13.8 Å². The number of hydrogen-bond acceptors (Lipinski definition) is 2. The van der Waals surface area contributed by atoms with Crippen LogP contribution < -0.4 is 5.73 Å². The van der Waals surface area contributed by atoms with Crippen LogP contribution in [0, 0.1) is 25.2 Å². The molecule has 1 heterocycles. The van der Waals surface area contributed by atoms with Crippen LogP contribution >= 0.6 is 0 Å². The highest BCUT2D eigenvalue weighted by atomic mass is 16.1. The van der Waals surface area contributed by atoms with Gasteiger partial charge in [-0.15, -0.1) is 0 Å². The van der Waals surface area contributed by atoms with E-state index in [1.807, 2.05) is 44.2 Å². The van der Waals surface area contributed by atoms with Gasteiger partial charge in [-0.3, -0.25) is 4.79 Å². The average Bonchev–Trinajstić information content (AvgIpc) is 2.85. The molecule has 0 saturated heterocycles. The van der Waals surface area contributed by atoms with Crippen LogP contribution in [-0.2, 0) is 4.79 Å². The molecule has 0 saturated carbocycles. The molecule has 2 aromatic carbocycles. The van der Waals surface area contributed by atoms with Crippen molar-refractivity contribution >= 4 is 22.8 Å². The molecule has 0 fully saturated rings.